The molecule has 0 radical (unpaired) electrons. The van der Waals surface area contributed by atoms with Crippen LogP contribution in [0.25, 0.3) is 0 Å². The van der Waals surface area contributed by atoms with E-state index >= 15 is 0 Å². The predicted molar refractivity (Wildman–Crippen MR) is 136 cm³/mol. The molecule has 4 rings (SSSR count). The molecule has 1 aromatic heterocycles. The Balaban J connectivity index is 1.40. The van der Waals surface area contributed by atoms with E-state index in [0.717, 1.165) is 31.6 Å². The van der Waals surface area contributed by atoms with Gasteiger partial charge >= 0.3 is 0 Å². The summed E-state index contributed by atoms with van der Waals surface area (Å²) in [5, 5.41) is 3.20. The summed E-state index contributed by atoms with van der Waals surface area (Å²) in [6.07, 6.45) is 4.97. The summed E-state index contributed by atoms with van der Waals surface area (Å²) in [5.74, 6) is 1.80. The van der Waals surface area contributed by atoms with Crippen molar-refractivity contribution in [1.82, 2.24) is 5.32 Å². The van der Waals surface area contributed by atoms with Gasteiger partial charge in [0.25, 0.3) is 0 Å². The van der Waals surface area contributed by atoms with Crippen LogP contribution in [0.2, 0.25) is 0 Å². The van der Waals surface area contributed by atoms with E-state index in [9.17, 15) is 4.79 Å². The van der Waals surface area contributed by atoms with E-state index < -0.39 is 0 Å². The second kappa shape index (κ2) is 11.1. The van der Waals surface area contributed by atoms with Crippen LogP contribution in [0.4, 0.5) is 0 Å². The molecule has 4 heteroatoms. The molecule has 3 atom stereocenters. The van der Waals surface area contributed by atoms with Crippen molar-refractivity contribution in [1.29, 1.82) is 0 Å². The molecule has 0 bridgehead atoms. The van der Waals surface area contributed by atoms with Gasteiger partial charge in [-0.2, -0.15) is 0 Å². The van der Waals surface area contributed by atoms with E-state index in [1.807, 2.05) is 18.2 Å². The molecule has 1 aliphatic heterocycles. The van der Waals surface area contributed by atoms with Gasteiger partial charge in [0.1, 0.15) is 5.76 Å². The highest BCUT2D eigenvalue weighted by molar-refractivity contribution is 5.77. The zero-order chi connectivity index (χ0) is 24.0. The monoisotopic (exact) mass is 459 g/mol. The number of nitrogens with one attached hydrogen (secondary N) is 1. The highest BCUT2D eigenvalue weighted by atomic mass is 16.5. The van der Waals surface area contributed by atoms with E-state index in [0.29, 0.717) is 18.9 Å². The summed E-state index contributed by atoms with van der Waals surface area (Å²) >= 11 is 0. The Kier molecular flexibility index (Phi) is 7.89. The van der Waals surface area contributed by atoms with Gasteiger partial charge in [-0.25, -0.2) is 0 Å². The number of ether oxygens (including phenoxy) is 1. The predicted octanol–water partition coefficient (Wildman–Crippen LogP) is 6.61. The van der Waals surface area contributed by atoms with Crippen LogP contribution >= 0.6 is 0 Å². The second-order valence-electron chi connectivity index (χ2n) is 10.2. The van der Waals surface area contributed by atoms with Gasteiger partial charge in [-0.15, -0.1) is 0 Å². The van der Waals surface area contributed by atoms with Gasteiger partial charge in [0.15, 0.2) is 0 Å². The third-order valence-electron chi connectivity index (χ3n) is 7.06. The first-order valence-electron chi connectivity index (χ1n) is 12.5. The Morgan fingerprint density at radius 3 is 2.47 bits per heavy atom. The fourth-order valence-corrected chi connectivity index (χ4v) is 5.27. The third kappa shape index (κ3) is 6.38. The van der Waals surface area contributed by atoms with Crippen molar-refractivity contribution in [3.05, 3.63) is 95.4 Å². The van der Waals surface area contributed by atoms with E-state index in [-0.39, 0.29) is 23.3 Å². The minimum atomic E-state index is -0.142. The van der Waals surface area contributed by atoms with Crippen LogP contribution in [0.5, 0.6) is 0 Å². The number of amides is 1. The lowest BCUT2D eigenvalue weighted by atomic mass is 9.75. The molecule has 180 valence electrons. The zero-order valence-corrected chi connectivity index (χ0v) is 20.6. The summed E-state index contributed by atoms with van der Waals surface area (Å²) in [6.45, 7) is 7.76. The molecule has 3 aromatic rings. The van der Waals surface area contributed by atoms with E-state index in [4.69, 9.17) is 9.15 Å². The zero-order valence-electron chi connectivity index (χ0n) is 20.6. The molecule has 2 heterocycles. The van der Waals surface area contributed by atoms with Crippen molar-refractivity contribution in [3.63, 3.8) is 0 Å². The van der Waals surface area contributed by atoms with E-state index in [2.05, 4.69) is 74.6 Å². The SMILES string of the molecule is Cc1ccc([C@H](CCNC(=O)C[C@@H](c2ccccc2)[C@@H]2CCOC(C)(C)C2)c2ccco2)cc1. The fraction of sp³-hybridized carbons (Fsp3) is 0.433. The second-order valence-corrected chi connectivity index (χ2v) is 10.2. The van der Waals surface area contributed by atoms with Crippen LogP contribution in [-0.4, -0.2) is 24.7 Å². The third-order valence-corrected chi connectivity index (χ3v) is 7.06. The summed E-state index contributed by atoms with van der Waals surface area (Å²) in [7, 11) is 0. The molecule has 1 N–H and O–H groups in total. The van der Waals surface area contributed by atoms with Crippen molar-refractivity contribution in [2.24, 2.45) is 5.92 Å². The normalized spacial score (nSPS) is 19.3. The molecule has 34 heavy (non-hydrogen) atoms. The van der Waals surface area contributed by atoms with Gasteiger partial charge in [0, 0.05) is 25.5 Å². The lowest BCUT2D eigenvalue weighted by Crippen LogP contribution is -2.37. The van der Waals surface area contributed by atoms with Gasteiger partial charge in [-0.3, -0.25) is 4.79 Å². The maximum absolute atomic E-state index is 13.1. The number of carbonyl (C=O) groups excluding carboxylic acids is 1. The van der Waals surface area contributed by atoms with Gasteiger partial charge in [0.2, 0.25) is 5.91 Å². The lowest BCUT2D eigenvalue weighted by molar-refractivity contribution is -0.123. The molecule has 2 aromatic carbocycles. The van der Waals surface area contributed by atoms with Crippen LogP contribution in [0.1, 0.15) is 73.8 Å². The Bertz CT molecular complexity index is 1020. The minimum Gasteiger partial charge on any atom is -0.469 e. The first-order valence-corrected chi connectivity index (χ1v) is 12.5. The van der Waals surface area contributed by atoms with Gasteiger partial charge < -0.3 is 14.5 Å². The highest BCUT2D eigenvalue weighted by Crippen LogP contribution is 2.40. The number of carbonyl (C=O) groups is 1. The lowest BCUT2D eigenvalue weighted by Gasteiger charge is -2.39. The van der Waals surface area contributed by atoms with Crippen molar-refractivity contribution in [2.75, 3.05) is 13.2 Å². The number of rotatable bonds is 9. The number of aryl methyl sites for hydroxylation is 1. The standard InChI is InChI=1S/C30H37NO3/c1-22-11-13-24(14-12-22)26(28-10-7-18-33-28)15-17-31-29(32)20-27(23-8-5-4-6-9-23)25-16-19-34-30(2,3)21-25/h4-14,18,25-27H,15-17,19-21H2,1-3H3,(H,31,32)/t25-,26+,27+/m1/s1. The summed E-state index contributed by atoms with van der Waals surface area (Å²) < 4.78 is 11.7. The van der Waals surface area contributed by atoms with Crippen LogP contribution in [-0.2, 0) is 9.53 Å². The summed E-state index contributed by atoms with van der Waals surface area (Å²) in [4.78, 5) is 13.1. The molecule has 0 saturated carbocycles. The maximum Gasteiger partial charge on any atom is 0.220 e. The average molecular weight is 460 g/mol. The minimum absolute atomic E-state index is 0.111. The average Bonchev–Trinajstić information content (AvgIpc) is 3.36. The number of hydrogen-bond acceptors (Lipinski definition) is 3. The van der Waals surface area contributed by atoms with Crippen LogP contribution in [0.15, 0.2) is 77.4 Å². The topological polar surface area (TPSA) is 51.5 Å². The Morgan fingerprint density at radius 2 is 1.79 bits per heavy atom. The smallest absolute Gasteiger partial charge is 0.220 e. The first kappa shape index (κ1) is 24.3. The van der Waals surface area contributed by atoms with Gasteiger partial charge in [0.05, 0.1) is 11.9 Å². The fourth-order valence-electron chi connectivity index (χ4n) is 5.27. The maximum atomic E-state index is 13.1. The molecule has 0 aliphatic carbocycles. The summed E-state index contributed by atoms with van der Waals surface area (Å²) in [5.41, 5.74) is 3.55. The molecular formula is C30H37NO3. The van der Waals surface area contributed by atoms with Crippen molar-refractivity contribution in [2.45, 2.75) is 63.9 Å². The van der Waals surface area contributed by atoms with Gasteiger partial charge in [-0.05, 0) is 75.1 Å². The van der Waals surface area contributed by atoms with Crippen LogP contribution < -0.4 is 5.32 Å². The largest absolute Gasteiger partial charge is 0.469 e. The van der Waals surface area contributed by atoms with Crippen molar-refractivity contribution in [3.8, 4) is 0 Å². The summed E-state index contributed by atoms with van der Waals surface area (Å²) in [6, 6.07) is 23.0. The molecule has 4 nitrogen and oxygen atoms in total. The molecule has 1 amide bonds. The number of furan rings is 1. The molecular weight excluding hydrogens is 422 g/mol. The molecule has 0 spiro atoms. The quantitative estimate of drug-likeness (QED) is 0.392. The van der Waals surface area contributed by atoms with E-state index in [1.165, 1.54) is 16.7 Å². The number of hydrogen-bond donors (Lipinski definition) is 1. The van der Waals surface area contributed by atoms with Crippen molar-refractivity contribution < 1.29 is 13.9 Å². The highest BCUT2D eigenvalue weighted by Gasteiger charge is 2.35. The Labute approximate surface area is 203 Å². The van der Waals surface area contributed by atoms with Crippen molar-refractivity contribution >= 4 is 5.91 Å². The molecule has 1 aliphatic rings. The molecule has 1 fully saturated rings. The van der Waals surface area contributed by atoms with Crippen LogP contribution in [0, 0.1) is 12.8 Å². The molecule has 1 saturated heterocycles. The Hall–Kier alpha value is -2.85. The first-order chi connectivity index (χ1) is 16.4. The Morgan fingerprint density at radius 1 is 1.03 bits per heavy atom. The number of benzene rings is 2. The molecule has 0 unspecified atom stereocenters. The van der Waals surface area contributed by atoms with Gasteiger partial charge in [-0.1, -0.05) is 60.2 Å². The van der Waals surface area contributed by atoms with Crippen LogP contribution in [0.3, 0.4) is 0 Å². The van der Waals surface area contributed by atoms with E-state index in [1.54, 1.807) is 6.26 Å².